The fourth-order valence-electron chi connectivity index (χ4n) is 1.16. The topological polar surface area (TPSA) is 66.4 Å². The number of benzene rings is 1. The van der Waals surface area contributed by atoms with Crippen LogP contribution in [0.25, 0.3) is 0 Å². The third kappa shape index (κ3) is 5.39. The largest absolute Gasteiger partial charge is 0.508 e. The third-order valence-electron chi connectivity index (χ3n) is 1.89. The first-order valence-corrected chi connectivity index (χ1v) is 6.70. The quantitative estimate of drug-likeness (QED) is 0.723. The molecule has 0 amide bonds. The number of phenolic OH excluding ortho intramolecular Hbond substituents is 1. The smallest absolute Gasteiger partial charge is 0.148 e. The highest BCUT2D eigenvalue weighted by Gasteiger charge is 2.00. The molecular weight excluding hydrogens is 214 g/mol. The van der Waals surface area contributed by atoms with Crippen molar-refractivity contribution in [1.29, 1.82) is 0 Å². The molecule has 0 heterocycles. The number of hydrogen-bond donors (Lipinski definition) is 2. The Morgan fingerprint density at radius 3 is 2.73 bits per heavy atom. The average molecular weight is 229 g/mol. The van der Waals surface area contributed by atoms with E-state index in [1.807, 2.05) is 6.07 Å². The number of nitrogens with one attached hydrogen (secondary N) is 1. The Morgan fingerprint density at radius 1 is 1.40 bits per heavy atom. The summed E-state index contributed by atoms with van der Waals surface area (Å²) in [5, 5.41) is 12.2. The van der Waals surface area contributed by atoms with Gasteiger partial charge in [0.15, 0.2) is 0 Å². The zero-order chi connectivity index (χ0) is 11.3. The highest BCUT2D eigenvalue weighted by Crippen LogP contribution is 2.10. The molecule has 0 radical (unpaired) electrons. The summed E-state index contributed by atoms with van der Waals surface area (Å²) in [6, 6.07) is 6.86. The summed E-state index contributed by atoms with van der Waals surface area (Å²) in [7, 11) is -2.90. The summed E-state index contributed by atoms with van der Waals surface area (Å²) in [6.07, 6.45) is 1.21. The Morgan fingerprint density at radius 2 is 2.13 bits per heavy atom. The molecule has 0 aromatic heterocycles. The van der Waals surface area contributed by atoms with Crippen LogP contribution in [0.4, 0.5) is 0 Å². The molecule has 0 unspecified atom stereocenters. The molecule has 1 aromatic rings. The lowest BCUT2D eigenvalue weighted by molar-refractivity contribution is 0.474. The van der Waals surface area contributed by atoms with E-state index < -0.39 is 9.84 Å². The molecule has 15 heavy (non-hydrogen) atoms. The lowest BCUT2D eigenvalue weighted by Gasteiger charge is -2.04. The number of rotatable bonds is 5. The molecule has 2 N–H and O–H groups in total. The Hall–Kier alpha value is -1.07. The molecule has 0 bridgehead atoms. The van der Waals surface area contributed by atoms with E-state index >= 15 is 0 Å². The Labute approximate surface area is 89.9 Å². The predicted molar refractivity (Wildman–Crippen MR) is 59.5 cm³/mol. The maximum atomic E-state index is 10.8. The predicted octanol–water partition coefficient (Wildman–Crippen LogP) is 0.526. The van der Waals surface area contributed by atoms with E-state index in [4.69, 9.17) is 0 Å². The van der Waals surface area contributed by atoms with Gasteiger partial charge in [-0.1, -0.05) is 12.1 Å². The summed E-state index contributed by atoms with van der Waals surface area (Å²) in [6.45, 7) is 0.985. The molecule has 0 fully saturated rings. The second kappa shape index (κ2) is 5.14. The fourth-order valence-corrected chi connectivity index (χ4v) is 1.67. The first-order valence-electron chi connectivity index (χ1n) is 4.64. The van der Waals surface area contributed by atoms with Crippen LogP contribution in [0.2, 0.25) is 0 Å². The zero-order valence-electron chi connectivity index (χ0n) is 8.60. The van der Waals surface area contributed by atoms with Crippen LogP contribution in [-0.2, 0) is 16.4 Å². The normalized spacial score (nSPS) is 11.5. The van der Waals surface area contributed by atoms with Gasteiger partial charge in [-0.2, -0.15) is 0 Å². The van der Waals surface area contributed by atoms with Crippen molar-refractivity contribution in [2.45, 2.75) is 6.54 Å². The minimum atomic E-state index is -2.90. The molecule has 5 heteroatoms. The SMILES string of the molecule is CS(=O)(=O)CCNCc1cccc(O)c1. The van der Waals surface area contributed by atoms with E-state index in [1.165, 1.54) is 6.26 Å². The number of phenols is 1. The van der Waals surface area contributed by atoms with Crippen molar-refractivity contribution in [3.63, 3.8) is 0 Å². The minimum Gasteiger partial charge on any atom is -0.508 e. The lowest BCUT2D eigenvalue weighted by Crippen LogP contribution is -2.21. The van der Waals surface area contributed by atoms with Crippen molar-refractivity contribution in [3.05, 3.63) is 29.8 Å². The molecule has 0 saturated carbocycles. The van der Waals surface area contributed by atoms with Gasteiger partial charge in [0.25, 0.3) is 0 Å². The van der Waals surface area contributed by atoms with Crippen LogP contribution in [0.5, 0.6) is 5.75 Å². The summed E-state index contributed by atoms with van der Waals surface area (Å²) in [5.74, 6) is 0.351. The Balaban J connectivity index is 2.32. The van der Waals surface area contributed by atoms with Gasteiger partial charge in [-0.25, -0.2) is 8.42 Å². The fraction of sp³-hybridized carbons (Fsp3) is 0.400. The molecule has 0 atom stereocenters. The zero-order valence-corrected chi connectivity index (χ0v) is 9.42. The van der Waals surface area contributed by atoms with E-state index in [1.54, 1.807) is 18.2 Å². The number of hydrogen-bond acceptors (Lipinski definition) is 4. The van der Waals surface area contributed by atoms with E-state index in [0.717, 1.165) is 5.56 Å². The van der Waals surface area contributed by atoms with Crippen LogP contribution in [-0.4, -0.2) is 32.1 Å². The van der Waals surface area contributed by atoms with E-state index in [9.17, 15) is 13.5 Å². The molecule has 4 nitrogen and oxygen atoms in total. The van der Waals surface area contributed by atoms with Gasteiger partial charge in [-0.05, 0) is 17.7 Å². The van der Waals surface area contributed by atoms with Crippen LogP contribution in [0.1, 0.15) is 5.56 Å². The summed E-state index contributed by atoms with van der Waals surface area (Å²) in [4.78, 5) is 0. The molecule has 0 saturated heterocycles. The lowest BCUT2D eigenvalue weighted by atomic mass is 10.2. The molecule has 0 aliphatic rings. The van der Waals surface area contributed by atoms with Crippen molar-refractivity contribution in [2.75, 3.05) is 18.6 Å². The summed E-state index contributed by atoms with van der Waals surface area (Å²) in [5.41, 5.74) is 0.934. The number of sulfone groups is 1. The molecule has 0 aliphatic carbocycles. The Kier molecular flexibility index (Phi) is 4.11. The van der Waals surface area contributed by atoms with Gasteiger partial charge in [0.2, 0.25) is 0 Å². The van der Waals surface area contributed by atoms with Crippen LogP contribution in [0.3, 0.4) is 0 Å². The van der Waals surface area contributed by atoms with Crippen LogP contribution in [0.15, 0.2) is 24.3 Å². The van der Waals surface area contributed by atoms with Crippen molar-refractivity contribution < 1.29 is 13.5 Å². The second-order valence-corrected chi connectivity index (χ2v) is 5.74. The second-order valence-electron chi connectivity index (χ2n) is 3.48. The molecule has 1 rings (SSSR count). The van der Waals surface area contributed by atoms with Gasteiger partial charge < -0.3 is 10.4 Å². The molecular formula is C10H15NO3S. The summed E-state index contributed by atoms with van der Waals surface area (Å²) < 4.78 is 21.6. The first-order chi connectivity index (χ1) is 6.97. The van der Waals surface area contributed by atoms with Crippen LogP contribution < -0.4 is 5.32 Å². The number of aromatic hydroxyl groups is 1. The highest BCUT2D eigenvalue weighted by atomic mass is 32.2. The van der Waals surface area contributed by atoms with E-state index in [-0.39, 0.29) is 11.5 Å². The highest BCUT2D eigenvalue weighted by molar-refractivity contribution is 7.90. The average Bonchev–Trinajstić information content (AvgIpc) is 2.11. The van der Waals surface area contributed by atoms with Gasteiger partial charge in [0.1, 0.15) is 15.6 Å². The van der Waals surface area contributed by atoms with Gasteiger partial charge >= 0.3 is 0 Å². The van der Waals surface area contributed by atoms with Crippen LogP contribution >= 0.6 is 0 Å². The molecule has 1 aromatic carbocycles. The monoisotopic (exact) mass is 229 g/mol. The Bertz CT molecular complexity index is 414. The van der Waals surface area contributed by atoms with Gasteiger partial charge in [-0.15, -0.1) is 0 Å². The maximum absolute atomic E-state index is 10.8. The standard InChI is InChI=1S/C10H15NO3S/c1-15(13,14)6-5-11-8-9-3-2-4-10(12)7-9/h2-4,7,11-12H,5-6,8H2,1H3. The first kappa shape index (κ1) is 12.0. The molecule has 84 valence electrons. The van der Waals surface area contributed by atoms with Gasteiger partial charge in [0.05, 0.1) is 5.75 Å². The van der Waals surface area contributed by atoms with Crippen molar-refractivity contribution in [1.82, 2.24) is 5.32 Å². The molecule has 0 spiro atoms. The van der Waals surface area contributed by atoms with E-state index in [2.05, 4.69) is 5.32 Å². The van der Waals surface area contributed by atoms with Gasteiger partial charge in [-0.3, -0.25) is 0 Å². The van der Waals surface area contributed by atoms with Gasteiger partial charge in [0, 0.05) is 19.3 Å². The summed E-state index contributed by atoms with van der Waals surface area (Å²) >= 11 is 0. The minimum absolute atomic E-state index is 0.131. The molecule has 0 aliphatic heterocycles. The third-order valence-corrected chi connectivity index (χ3v) is 2.84. The maximum Gasteiger partial charge on any atom is 0.148 e. The van der Waals surface area contributed by atoms with Crippen molar-refractivity contribution >= 4 is 9.84 Å². The van der Waals surface area contributed by atoms with Crippen LogP contribution in [0, 0.1) is 0 Å². The van der Waals surface area contributed by atoms with Crippen molar-refractivity contribution in [3.8, 4) is 5.75 Å². The van der Waals surface area contributed by atoms with Crippen molar-refractivity contribution in [2.24, 2.45) is 0 Å². The van der Waals surface area contributed by atoms with E-state index in [0.29, 0.717) is 13.1 Å².